The van der Waals surface area contributed by atoms with Gasteiger partial charge in [0.1, 0.15) is 0 Å². The summed E-state index contributed by atoms with van der Waals surface area (Å²) in [6.07, 6.45) is 5.86. The van der Waals surface area contributed by atoms with Gasteiger partial charge in [-0.1, -0.05) is 41.4 Å². The molecule has 0 fully saturated rings. The molecule has 0 aliphatic heterocycles. The van der Waals surface area contributed by atoms with Gasteiger partial charge in [0.2, 0.25) is 0 Å². The van der Waals surface area contributed by atoms with Gasteiger partial charge in [-0.3, -0.25) is 0 Å². The van der Waals surface area contributed by atoms with Crippen LogP contribution in [0.5, 0.6) is 0 Å². The molecule has 1 aliphatic carbocycles. The third-order valence-corrected chi connectivity index (χ3v) is 3.15. The second-order valence-electron chi connectivity index (χ2n) is 3.66. The average Bonchev–Trinajstić information content (AvgIpc) is 2.52. The lowest BCUT2D eigenvalue weighted by molar-refractivity contribution is 0.481. The minimum Gasteiger partial charge on any atom is -0.321 e. The summed E-state index contributed by atoms with van der Waals surface area (Å²) in [5.41, 5.74) is 6.89. The van der Waals surface area contributed by atoms with Gasteiger partial charge >= 0.3 is 0 Å². The van der Waals surface area contributed by atoms with Crippen molar-refractivity contribution < 1.29 is 0 Å². The summed E-state index contributed by atoms with van der Waals surface area (Å²) in [6, 6.07) is 5.48. The predicted octanol–water partition coefficient (Wildman–Crippen LogP) is 3.50. The maximum absolute atomic E-state index is 6.24. The molecule has 3 heteroatoms. The van der Waals surface area contributed by atoms with Crippen LogP contribution in [-0.2, 0) is 5.54 Å². The Morgan fingerprint density at radius 1 is 1.14 bits per heavy atom. The van der Waals surface area contributed by atoms with E-state index in [1.54, 1.807) is 6.07 Å². The summed E-state index contributed by atoms with van der Waals surface area (Å²) in [4.78, 5) is 0. The van der Waals surface area contributed by atoms with Crippen molar-refractivity contribution >= 4 is 23.2 Å². The van der Waals surface area contributed by atoms with E-state index in [1.807, 2.05) is 12.1 Å². The Hall–Kier alpha value is -0.500. The Labute approximate surface area is 93.5 Å². The zero-order valence-electron chi connectivity index (χ0n) is 7.63. The second-order valence-corrected chi connectivity index (χ2v) is 4.50. The first-order valence-electron chi connectivity index (χ1n) is 4.51. The molecule has 0 spiro atoms. The number of hydrogen-bond donors (Lipinski definition) is 1. The number of nitrogens with two attached hydrogens (primary N) is 1. The summed E-state index contributed by atoms with van der Waals surface area (Å²) < 4.78 is 0. The second kappa shape index (κ2) is 3.58. The van der Waals surface area contributed by atoms with Crippen LogP contribution in [0, 0.1) is 0 Å². The molecule has 1 aliphatic rings. The van der Waals surface area contributed by atoms with E-state index in [9.17, 15) is 0 Å². The molecule has 0 atom stereocenters. The normalized spacial score (nSPS) is 18.8. The number of benzene rings is 1. The van der Waals surface area contributed by atoms with Crippen LogP contribution in [0.3, 0.4) is 0 Å². The Balaban J connectivity index is 2.41. The third kappa shape index (κ3) is 1.68. The molecule has 0 aromatic heterocycles. The van der Waals surface area contributed by atoms with Gasteiger partial charge in [-0.05, 0) is 30.5 Å². The predicted molar refractivity (Wildman–Crippen MR) is 60.7 cm³/mol. The molecule has 0 bridgehead atoms. The van der Waals surface area contributed by atoms with Crippen molar-refractivity contribution in [3.63, 3.8) is 0 Å². The fraction of sp³-hybridized carbons (Fsp3) is 0.273. The molecule has 1 aromatic carbocycles. The summed E-state index contributed by atoms with van der Waals surface area (Å²) in [5, 5.41) is 1.30. The highest BCUT2D eigenvalue weighted by Crippen LogP contribution is 2.36. The van der Waals surface area contributed by atoms with Crippen LogP contribution < -0.4 is 5.73 Å². The van der Waals surface area contributed by atoms with E-state index in [4.69, 9.17) is 28.9 Å². The molecule has 74 valence electrons. The van der Waals surface area contributed by atoms with Gasteiger partial charge < -0.3 is 5.73 Å². The molecule has 1 aromatic rings. The number of rotatable bonds is 1. The highest BCUT2D eigenvalue weighted by Gasteiger charge is 2.29. The lowest BCUT2D eigenvalue weighted by Crippen LogP contribution is -2.33. The summed E-state index contributed by atoms with van der Waals surface area (Å²) in [7, 11) is 0. The van der Waals surface area contributed by atoms with E-state index in [2.05, 4.69) is 12.2 Å². The van der Waals surface area contributed by atoms with Crippen molar-refractivity contribution in [3.05, 3.63) is 46.0 Å². The Bertz CT molecular complexity index is 377. The third-order valence-electron chi connectivity index (χ3n) is 2.60. The first-order valence-corrected chi connectivity index (χ1v) is 5.27. The minimum absolute atomic E-state index is 0.332. The van der Waals surface area contributed by atoms with Gasteiger partial charge in [0.15, 0.2) is 0 Å². The maximum atomic E-state index is 6.24. The quantitative estimate of drug-likeness (QED) is 0.731. The largest absolute Gasteiger partial charge is 0.321 e. The van der Waals surface area contributed by atoms with E-state index in [0.717, 1.165) is 18.4 Å². The zero-order valence-corrected chi connectivity index (χ0v) is 9.15. The Morgan fingerprint density at radius 2 is 1.79 bits per heavy atom. The van der Waals surface area contributed by atoms with Crippen LogP contribution in [0.1, 0.15) is 18.4 Å². The van der Waals surface area contributed by atoms with Crippen LogP contribution in [0.4, 0.5) is 0 Å². The van der Waals surface area contributed by atoms with E-state index in [-0.39, 0.29) is 5.54 Å². The number of hydrogen-bond acceptors (Lipinski definition) is 1. The molecular formula is C11H11Cl2N. The summed E-state index contributed by atoms with van der Waals surface area (Å²) >= 11 is 11.9. The van der Waals surface area contributed by atoms with Gasteiger partial charge in [0.05, 0.1) is 0 Å². The zero-order chi connectivity index (χ0) is 10.2. The number of halogens is 2. The van der Waals surface area contributed by atoms with Crippen LogP contribution in [-0.4, -0.2) is 0 Å². The smallest absolute Gasteiger partial charge is 0.0494 e. The van der Waals surface area contributed by atoms with Crippen LogP contribution in [0.25, 0.3) is 0 Å². The fourth-order valence-electron chi connectivity index (χ4n) is 1.78. The summed E-state index contributed by atoms with van der Waals surface area (Å²) in [6.45, 7) is 0. The van der Waals surface area contributed by atoms with Crippen molar-refractivity contribution in [1.29, 1.82) is 0 Å². The van der Waals surface area contributed by atoms with Crippen molar-refractivity contribution in [2.75, 3.05) is 0 Å². The van der Waals surface area contributed by atoms with Gasteiger partial charge in [-0.25, -0.2) is 0 Å². The minimum atomic E-state index is -0.332. The standard InChI is InChI=1S/C11H11Cl2N/c12-8-3-4-9(10(13)7-8)11(14)5-1-2-6-11/h1-4,7H,5-6,14H2. The monoisotopic (exact) mass is 227 g/mol. The van der Waals surface area contributed by atoms with Crippen LogP contribution >= 0.6 is 23.2 Å². The highest BCUT2D eigenvalue weighted by atomic mass is 35.5. The van der Waals surface area contributed by atoms with Gasteiger partial charge in [0, 0.05) is 15.6 Å². The molecule has 14 heavy (non-hydrogen) atoms. The van der Waals surface area contributed by atoms with Crippen molar-refractivity contribution in [2.24, 2.45) is 5.73 Å². The summed E-state index contributed by atoms with van der Waals surface area (Å²) in [5.74, 6) is 0. The lowest BCUT2D eigenvalue weighted by atomic mass is 9.89. The molecule has 0 amide bonds. The first kappa shape index (κ1) is 10.0. The van der Waals surface area contributed by atoms with E-state index >= 15 is 0 Å². The Morgan fingerprint density at radius 3 is 2.36 bits per heavy atom. The van der Waals surface area contributed by atoms with Gasteiger partial charge in [-0.15, -0.1) is 0 Å². The molecule has 1 nitrogen and oxygen atoms in total. The van der Waals surface area contributed by atoms with Crippen molar-refractivity contribution in [2.45, 2.75) is 18.4 Å². The first-order chi connectivity index (χ1) is 6.62. The maximum Gasteiger partial charge on any atom is 0.0494 e. The van der Waals surface area contributed by atoms with Crippen molar-refractivity contribution in [3.8, 4) is 0 Å². The average molecular weight is 228 g/mol. The molecule has 2 N–H and O–H groups in total. The SMILES string of the molecule is NC1(c2ccc(Cl)cc2Cl)CC=CC1. The molecule has 0 saturated heterocycles. The molecule has 0 heterocycles. The van der Waals surface area contributed by atoms with E-state index in [1.165, 1.54) is 0 Å². The highest BCUT2D eigenvalue weighted by molar-refractivity contribution is 6.35. The van der Waals surface area contributed by atoms with Gasteiger partial charge in [-0.2, -0.15) is 0 Å². The van der Waals surface area contributed by atoms with Crippen LogP contribution in [0.15, 0.2) is 30.4 Å². The van der Waals surface area contributed by atoms with E-state index < -0.39 is 0 Å². The van der Waals surface area contributed by atoms with Crippen LogP contribution in [0.2, 0.25) is 10.0 Å². The molecule has 0 radical (unpaired) electrons. The van der Waals surface area contributed by atoms with Crippen molar-refractivity contribution in [1.82, 2.24) is 0 Å². The van der Waals surface area contributed by atoms with E-state index in [0.29, 0.717) is 10.0 Å². The van der Waals surface area contributed by atoms with Gasteiger partial charge in [0.25, 0.3) is 0 Å². The topological polar surface area (TPSA) is 26.0 Å². The molecular weight excluding hydrogens is 217 g/mol. The lowest BCUT2D eigenvalue weighted by Gasteiger charge is -2.25. The Kier molecular flexibility index (Phi) is 2.56. The molecule has 0 saturated carbocycles. The molecule has 0 unspecified atom stereocenters. The fourth-order valence-corrected chi connectivity index (χ4v) is 2.38. The molecule has 2 rings (SSSR count).